The molecule has 3 N–H and O–H groups in total. The number of ketones is 1. The van der Waals surface area contributed by atoms with Crippen molar-refractivity contribution in [3.63, 3.8) is 0 Å². The lowest BCUT2D eigenvalue weighted by molar-refractivity contribution is -0.274. The number of halogens is 5. The highest BCUT2D eigenvalue weighted by atomic mass is 35.5. The van der Waals surface area contributed by atoms with E-state index in [1.54, 1.807) is 12.1 Å². The first-order chi connectivity index (χ1) is 25.9. The van der Waals surface area contributed by atoms with Crippen molar-refractivity contribution in [1.82, 2.24) is 19.7 Å². The fourth-order valence-electron chi connectivity index (χ4n) is 8.70. The predicted octanol–water partition coefficient (Wildman–Crippen LogP) is 9.21. The highest BCUT2D eigenvalue weighted by Crippen LogP contribution is 2.42. The molecule has 3 saturated heterocycles. The molecule has 0 aliphatic carbocycles. The molecule has 3 fully saturated rings. The Balaban J connectivity index is 1.00. The highest BCUT2D eigenvalue weighted by Gasteiger charge is 2.38. The summed E-state index contributed by atoms with van der Waals surface area (Å²) < 4.78 is 45.0. The first-order valence-corrected chi connectivity index (χ1v) is 20.0. The summed E-state index contributed by atoms with van der Waals surface area (Å²) in [5, 5.41) is 5.79. The molecule has 4 aromatic rings. The molecule has 0 bridgehead atoms. The summed E-state index contributed by atoms with van der Waals surface area (Å²) in [5.41, 5.74) is 11.2. The van der Waals surface area contributed by atoms with E-state index in [1.807, 2.05) is 18.2 Å². The Hall–Kier alpha value is -3.12. The maximum Gasteiger partial charge on any atom is 0.573 e. The molecule has 0 radical (unpaired) electrons. The zero-order valence-electron chi connectivity index (χ0n) is 30.7. The molecule has 290 valence electrons. The van der Waals surface area contributed by atoms with E-state index in [0.29, 0.717) is 31.2 Å². The topological polar surface area (TPSA) is 75.8 Å². The van der Waals surface area contributed by atoms with Crippen LogP contribution in [-0.4, -0.2) is 71.3 Å². The van der Waals surface area contributed by atoms with E-state index in [9.17, 15) is 18.0 Å². The van der Waals surface area contributed by atoms with Crippen LogP contribution in [0.5, 0.6) is 5.75 Å². The molecule has 4 heterocycles. The summed E-state index contributed by atoms with van der Waals surface area (Å²) >= 11 is 12.9. The molecule has 3 aliphatic rings. The summed E-state index contributed by atoms with van der Waals surface area (Å²) in [6, 6.07) is 18.4. The van der Waals surface area contributed by atoms with Crippen molar-refractivity contribution in [1.29, 1.82) is 0 Å². The van der Waals surface area contributed by atoms with Gasteiger partial charge in [-0.05, 0) is 144 Å². The second-order valence-electron chi connectivity index (χ2n) is 15.7. The lowest BCUT2D eigenvalue weighted by Crippen LogP contribution is -2.54. The van der Waals surface area contributed by atoms with Crippen molar-refractivity contribution in [2.24, 2.45) is 11.1 Å². The minimum absolute atomic E-state index is 0.140. The van der Waals surface area contributed by atoms with Crippen LogP contribution in [0, 0.1) is 5.41 Å². The Kier molecular flexibility index (Phi) is 12.0. The van der Waals surface area contributed by atoms with E-state index in [0.717, 1.165) is 103 Å². The number of nitrogens with two attached hydrogens (primary N) is 1. The van der Waals surface area contributed by atoms with E-state index in [2.05, 4.69) is 48.8 Å². The van der Waals surface area contributed by atoms with E-state index < -0.39 is 11.9 Å². The maximum absolute atomic E-state index is 13.0. The fraction of sp³-hybridized carbons (Fsp3) is 0.500. The van der Waals surface area contributed by atoms with Gasteiger partial charge in [0, 0.05) is 64.3 Å². The minimum Gasteiger partial charge on any atom is -0.406 e. The number of alkyl halides is 3. The van der Waals surface area contributed by atoms with Gasteiger partial charge in [-0.2, -0.15) is 0 Å². The van der Waals surface area contributed by atoms with Crippen molar-refractivity contribution in [2.45, 2.75) is 89.3 Å². The fourth-order valence-corrected chi connectivity index (χ4v) is 9.22. The average Bonchev–Trinajstić information content (AvgIpc) is 3.51. The van der Waals surface area contributed by atoms with Gasteiger partial charge in [-0.1, -0.05) is 47.5 Å². The average molecular weight is 785 g/mol. The number of hydrogen-bond acceptors (Lipinski definition) is 6. The van der Waals surface area contributed by atoms with Crippen LogP contribution in [0.1, 0.15) is 68.9 Å². The lowest BCUT2D eigenvalue weighted by atomic mass is 9.71. The number of nitrogens with zero attached hydrogens (tertiary/aromatic N) is 3. The number of fused-ring (bicyclic) bond motifs is 1. The molecule has 3 aliphatic heterocycles. The van der Waals surface area contributed by atoms with Gasteiger partial charge in [0.15, 0.2) is 5.78 Å². The molecule has 7 rings (SSSR count). The number of piperidine rings is 3. The highest BCUT2D eigenvalue weighted by molar-refractivity contribution is 6.36. The van der Waals surface area contributed by atoms with Crippen LogP contribution < -0.4 is 15.8 Å². The molecular weight excluding hydrogens is 734 g/mol. The van der Waals surface area contributed by atoms with Gasteiger partial charge in [0.1, 0.15) is 5.75 Å². The molecule has 0 unspecified atom stereocenters. The summed E-state index contributed by atoms with van der Waals surface area (Å²) in [5.74, 6) is -0.106. The summed E-state index contributed by atoms with van der Waals surface area (Å²) in [4.78, 5) is 18.0. The van der Waals surface area contributed by atoms with Gasteiger partial charge in [-0.3, -0.25) is 14.6 Å². The van der Waals surface area contributed by atoms with Crippen molar-refractivity contribution < 1.29 is 22.7 Å². The van der Waals surface area contributed by atoms with Gasteiger partial charge in [-0.15, -0.1) is 13.2 Å². The van der Waals surface area contributed by atoms with Gasteiger partial charge in [0.25, 0.3) is 0 Å². The first kappa shape index (κ1) is 39.1. The van der Waals surface area contributed by atoms with Crippen molar-refractivity contribution in [2.75, 3.05) is 39.3 Å². The number of ether oxygens (including phenoxy) is 1. The number of unbranched alkanes of at least 4 members (excludes halogenated alkanes) is 1. The van der Waals surface area contributed by atoms with Crippen LogP contribution in [0.3, 0.4) is 0 Å². The normalized spacial score (nSPS) is 19.4. The molecule has 0 saturated carbocycles. The number of likely N-dealkylation sites (tertiary alicyclic amines) is 2. The Labute approximate surface area is 325 Å². The standard InChI is InChI=1S/C42H50Cl2F3N5O2/c43-36-4-3-5-37(44)35(36)28-51-24-17-40(18-25-51)15-22-50(23-16-40)27-30-7-12-38-33(26-30)34(31-8-10-32(11-9-31)54-42(45,46)47)29-52(38)21-2-1-6-39(53)41(48)13-19-49-20-14-41/h3-5,7-12,26,29,49H,1-2,6,13-25,27-28,48H2. The summed E-state index contributed by atoms with van der Waals surface area (Å²) in [6.07, 6.45) is 5.40. The molecule has 54 heavy (non-hydrogen) atoms. The zero-order valence-corrected chi connectivity index (χ0v) is 32.2. The van der Waals surface area contributed by atoms with Gasteiger partial charge >= 0.3 is 6.36 Å². The number of aryl methyl sites for hydroxylation is 1. The summed E-state index contributed by atoms with van der Waals surface area (Å²) in [6.45, 7) is 8.05. The third-order valence-electron chi connectivity index (χ3n) is 12.1. The number of hydrogen-bond donors (Lipinski definition) is 2. The SMILES string of the molecule is NC1(C(=O)CCCCn2cc(-c3ccc(OC(F)(F)F)cc3)c3cc(CN4CCC5(CC4)CCN(Cc4c(Cl)cccc4Cl)CC5)ccc32)CCNCC1. The number of carbonyl (C=O) groups excluding carboxylic acids is 1. The monoisotopic (exact) mass is 783 g/mol. The number of nitrogens with one attached hydrogen (secondary N) is 1. The Bertz CT molecular complexity index is 1890. The van der Waals surface area contributed by atoms with E-state index in [-0.39, 0.29) is 11.5 Å². The largest absolute Gasteiger partial charge is 0.573 e. The number of rotatable bonds is 12. The van der Waals surface area contributed by atoms with Crippen LogP contribution in [0.4, 0.5) is 13.2 Å². The van der Waals surface area contributed by atoms with Crippen LogP contribution in [-0.2, 0) is 24.4 Å². The Morgan fingerprint density at radius 3 is 2.09 bits per heavy atom. The number of benzene rings is 3. The molecule has 1 aromatic heterocycles. The van der Waals surface area contributed by atoms with Crippen LogP contribution in [0.15, 0.2) is 66.9 Å². The van der Waals surface area contributed by atoms with E-state index >= 15 is 0 Å². The van der Waals surface area contributed by atoms with Crippen LogP contribution in [0.25, 0.3) is 22.0 Å². The van der Waals surface area contributed by atoms with Gasteiger partial charge in [0.05, 0.1) is 5.54 Å². The lowest BCUT2D eigenvalue weighted by Gasteiger charge is -2.47. The van der Waals surface area contributed by atoms with Gasteiger partial charge in [-0.25, -0.2) is 0 Å². The quantitative estimate of drug-likeness (QED) is 0.140. The third kappa shape index (κ3) is 9.28. The van der Waals surface area contributed by atoms with Crippen LogP contribution in [0.2, 0.25) is 10.0 Å². The molecule has 7 nitrogen and oxygen atoms in total. The molecule has 0 amide bonds. The van der Waals surface area contributed by atoms with Crippen molar-refractivity contribution >= 4 is 39.9 Å². The van der Waals surface area contributed by atoms with E-state index in [1.165, 1.54) is 43.4 Å². The smallest absolute Gasteiger partial charge is 0.406 e. The Morgan fingerprint density at radius 2 is 1.46 bits per heavy atom. The minimum atomic E-state index is -4.75. The van der Waals surface area contributed by atoms with Crippen molar-refractivity contribution in [3.05, 3.63) is 88.0 Å². The number of Topliss-reactive ketones (excluding diaryl/α,β-unsaturated/α-hetero) is 1. The molecule has 0 atom stereocenters. The van der Waals surface area contributed by atoms with Gasteiger partial charge < -0.3 is 20.4 Å². The molecule has 1 spiro atoms. The summed E-state index contributed by atoms with van der Waals surface area (Å²) in [7, 11) is 0. The zero-order chi connectivity index (χ0) is 37.9. The van der Waals surface area contributed by atoms with Gasteiger partial charge in [0.2, 0.25) is 0 Å². The number of aromatic nitrogens is 1. The molecule has 3 aromatic carbocycles. The maximum atomic E-state index is 13.0. The van der Waals surface area contributed by atoms with Crippen molar-refractivity contribution in [3.8, 4) is 16.9 Å². The molecular formula is C42H50Cl2F3N5O2. The Morgan fingerprint density at radius 1 is 0.833 bits per heavy atom. The number of carbonyl (C=O) groups is 1. The predicted molar refractivity (Wildman–Crippen MR) is 210 cm³/mol. The second kappa shape index (κ2) is 16.5. The van der Waals surface area contributed by atoms with Crippen LogP contribution >= 0.6 is 23.2 Å². The second-order valence-corrected chi connectivity index (χ2v) is 16.5. The molecule has 12 heteroatoms. The van der Waals surface area contributed by atoms with E-state index in [4.69, 9.17) is 28.9 Å². The first-order valence-electron chi connectivity index (χ1n) is 19.3. The third-order valence-corrected chi connectivity index (χ3v) is 12.8.